The van der Waals surface area contributed by atoms with Gasteiger partial charge in [-0.1, -0.05) is 19.3 Å². The average Bonchev–Trinajstić information content (AvgIpc) is 2.29. The van der Waals surface area contributed by atoms with Gasteiger partial charge in [0.05, 0.1) is 5.54 Å². The summed E-state index contributed by atoms with van der Waals surface area (Å²) < 4.78 is 0. The number of aryl methyl sites for hydroxylation is 2. The fourth-order valence-corrected chi connectivity index (χ4v) is 2.63. The van der Waals surface area contributed by atoms with Crippen molar-refractivity contribution in [1.82, 2.24) is 9.97 Å². The summed E-state index contributed by atoms with van der Waals surface area (Å²) in [7, 11) is 0. The molecular weight excluding hydrogens is 212 g/mol. The number of nitrogens with two attached hydrogens (primary N) is 1. The third-order valence-electron chi connectivity index (χ3n) is 3.56. The third-order valence-corrected chi connectivity index (χ3v) is 3.56. The predicted molar refractivity (Wildman–Crippen MR) is 70.0 cm³/mol. The monoisotopic (exact) mass is 234 g/mol. The van der Waals surface area contributed by atoms with Gasteiger partial charge in [-0.05, 0) is 32.8 Å². The van der Waals surface area contributed by atoms with E-state index in [2.05, 4.69) is 15.3 Å². The van der Waals surface area contributed by atoms with E-state index in [0.717, 1.165) is 30.2 Å². The molecule has 3 N–H and O–H groups in total. The Hall–Kier alpha value is -1.16. The molecule has 1 aliphatic carbocycles. The highest BCUT2D eigenvalue weighted by molar-refractivity contribution is 5.32. The van der Waals surface area contributed by atoms with Crippen LogP contribution in [0.3, 0.4) is 0 Å². The smallest absolute Gasteiger partial charge is 0.223 e. The minimum absolute atomic E-state index is 0.0124. The third kappa shape index (κ3) is 2.94. The van der Waals surface area contributed by atoms with E-state index < -0.39 is 0 Å². The van der Waals surface area contributed by atoms with Gasteiger partial charge in [-0.15, -0.1) is 0 Å². The maximum Gasteiger partial charge on any atom is 0.223 e. The second kappa shape index (κ2) is 5.00. The van der Waals surface area contributed by atoms with Gasteiger partial charge < -0.3 is 11.1 Å². The Morgan fingerprint density at radius 3 is 2.29 bits per heavy atom. The number of nitrogens with one attached hydrogen (secondary N) is 1. The van der Waals surface area contributed by atoms with Gasteiger partial charge in [0.2, 0.25) is 5.95 Å². The Balaban J connectivity index is 2.17. The minimum Gasteiger partial charge on any atom is -0.348 e. The van der Waals surface area contributed by atoms with Gasteiger partial charge in [0, 0.05) is 17.9 Å². The molecule has 1 aromatic heterocycles. The van der Waals surface area contributed by atoms with Crippen LogP contribution >= 0.6 is 0 Å². The lowest BCUT2D eigenvalue weighted by Gasteiger charge is -2.37. The van der Waals surface area contributed by atoms with Gasteiger partial charge in [-0.3, -0.25) is 0 Å². The largest absolute Gasteiger partial charge is 0.348 e. The number of nitrogens with zero attached hydrogens (tertiary/aromatic N) is 2. The lowest BCUT2D eigenvalue weighted by Crippen LogP contribution is -2.47. The molecule has 0 bridgehead atoms. The molecule has 1 aromatic rings. The van der Waals surface area contributed by atoms with Crippen LogP contribution in [-0.2, 0) is 0 Å². The quantitative estimate of drug-likeness (QED) is 0.841. The summed E-state index contributed by atoms with van der Waals surface area (Å²) in [5.41, 5.74) is 7.96. The fraction of sp³-hybridized carbons (Fsp3) is 0.692. The Morgan fingerprint density at radius 1 is 1.18 bits per heavy atom. The molecule has 17 heavy (non-hydrogen) atoms. The molecule has 1 aliphatic rings. The van der Waals surface area contributed by atoms with Crippen molar-refractivity contribution in [3.63, 3.8) is 0 Å². The van der Waals surface area contributed by atoms with Crippen molar-refractivity contribution >= 4 is 5.95 Å². The Labute approximate surface area is 103 Å². The average molecular weight is 234 g/mol. The maximum atomic E-state index is 5.94. The molecule has 0 spiro atoms. The molecule has 94 valence electrons. The van der Waals surface area contributed by atoms with Gasteiger partial charge in [-0.2, -0.15) is 0 Å². The van der Waals surface area contributed by atoms with E-state index in [1.807, 2.05) is 19.9 Å². The second-order valence-electron chi connectivity index (χ2n) is 5.14. The van der Waals surface area contributed by atoms with Crippen LogP contribution in [0.25, 0.3) is 0 Å². The van der Waals surface area contributed by atoms with Crippen molar-refractivity contribution in [3.05, 3.63) is 17.5 Å². The van der Waals surface area contributed by atoms with E-state index >= 15 is 0 Å². The Morgan fingerprint density at radius 2 is 1.76 bits per heavy atom. The van der Waals surface area contributed by atoms with Gasteiger partial charge in [0.15, 0.2) is 0 Å². The normalized spacial score (nSPS) is 19.0. The first-order chi connectivity index (χ1) is 8.13. The van der Waals surface area contributed by atoms with Crippen molar-refractivity contribution < 1.29 is 0 Å². The molecule has 0 aromatic carbocycles. The summed E-state index contributed by atoms with van der Waals surface area (Å²) in [6, 6.07) is 1.99. The van der Waals surface area contributed by atoms with Crippen LogP contribution in [0.5, 0.6) is 0 Å². The summed E-state index contributed by atoms with van der Waals surface area (Å²) >= 11 is 0. The van der Waals surface area contributed by atoms with E-state index in [4.69, 9.17) is 5.73 Å². The van der Waals surface area contributed by atoms with Crippen LogP contribution in [-0.4, -0.2) is 22.1 Å². The van der Waals surface area contributed by atoms with E-state index in [-0.39, 0.29) is 5.54 Å². The fourth-order valence-electron chi connectivity index (χ4n) is 2.63. The number of aromatic nitrogens is 2. The van der Waals surface area contributed by atoms with Gasteiger partial charge in [-0.25, -0.2) is 9.97 Å². The molecule has 0 amide bonds. The topological polar surface area (TPSA) is 63.8 Å². The lowest BCUT2D eigenvalue weighted by molar-refractivity contribution is 0.329. The van der Waals surface area contributed by atoms with Crippen LogP contribution in [0.1, 0.15) is 43.5 Å². The number of hydrogen-bond donors (Lipinski definition) is 2. The molecular formula is C13H22N4. The summed E-state index contributed by atoms with van der Waals surface area (Å²) in [4.78, 5) is 8.89. The molecule has 0 aliphatic heterocycles. The van der Waals surface area contributed by atoms with Crippen LogP contribution < -0.4 is 11.1 Å². The van der Waals surface area contributed by atoms with Crippen LogP contribution in [0, 0.1) is 13.8 Å². The maximum absolute atomic E-state index is 5.94. The van der Waals surface area contributed by atoms with Gasteiger partial charge in [0.25, 0.3) is 0 Å². The van der Waals surface area contributed by atoms with Crippen molar-refractivity contribution in [2.75, 3.05) is 11.9 Å². The summed E-state index contributed by atoms with van der Waals surface area (Å²) in [6.07, 6.45) is 6.06. The van der Waals surface area contributed by atoms with Crippen molar-refractivity contribution in [1.29, 1.82) is 0 Å². The van der Waals surface area contributed by atoms with E-state index in [1.54, 1.807) is 0 Å². The Bertz CT molecular complexity index is 363. The van der Waals surface area contributed by atoms with Crippen molar-refractivity contribution in [3.8, 4) is 0 Å². The first kappa shape index (κ1) is 12.3. The molecule has 0 atom stereocenters. The SMILES string of the molecule is Cc1cc(C)nc(NC2(CN)CCCCC2)n1. The molecule has 0 radical (unpaired) electrons. The predicted octanol–water partition coefficient (Wildman–Crippen LogP) is 2.17. The molecule has 1 saturated carbocycles. The number of anilines is 1. The molecule has 0 saturated heterocycles. The Kier molecular flexibility index (Phi) is 3.62. The lowest BCUT2D eigenvalue weighted by atomic mass is 9.82. The zero-order valence-corrected chi connectivity index (χ0v) is 10.8. The highest BCUT2D eigenvalue weighted by atomic mass is 15.2. The summed E-state index contributed by atoms with van der Waals surface area (Å²) in [5, 5.41) is 3.48. The van der Waals surface area contributed by atoms with E-state index in [0.29, 0.717) is 6.54 Å². The molecule has 0 unspecified atom stereocenters. The number of hydrogen-bond acceptors (Lipinski definition) is 4. The zero-order valence-electron chi connectivity index (χ0n) is 10.8. The minimum atomic E-state index is 0.0124. The standard InChI is InChI=1S/C13H22N4/c1-10-8-11(2)16-12(15-10)17-13(9-14)6-4-3-5-7-13/h8H,3-7,9,14H2,1-2H3,(H,15,16,17). The van der Waals surface area contributed by atoms with Crippen LogP contribution in [0.2, 0.25) is 0 Å². The van der Waals surface area contributed by atoms with E-state index in [1.165, 1.54) is 19.3 Å². The van der Waals surface area contributed by atoms with Gasteiger partial charge in [0.1, 0.15) is 0 Å². The molecule has 2 rings (SSSR count). The molecule has 4 heteroatoms. The van der Waals surface area contributed by atoms with Gasteiger partial charge >= 0.3 is 0 Å². The van der Waals surface area contributed by atoms with Crippen molar-refractivity contribution in [2.24, 2.45) is 5.73 Å². The second-order valence-corrected chi connectivity index (χ2v) is 5.14. The van der Waals surface area contributed by atoms with Crippen molar-refractivity contribution in [2.45, 2.75) is 51.5 Å². The molecule has 1 fully saturated rings. The summed E-state index contributed by atoms with van der Waals surface area (Å²) in [5.74, 6) is 0.731. The zero-order chi connectivity index (χ0) is 12.3. The highest BCUT2D eigenvalue weighted by Crippen LogP contribution is 2.30. The van der Waals surface area contributed by atoms with Crippen LogP contribution in [0.4, 0.5) is 5.95 Å². The van der Waals surface area contributed by atoms with E-state index in [9.17, 15) is 0 Å². The molecule has 1 heterocycles. The molecule has 4 nitrogen and oxygen atoms in total. The first-order valence-electron chi connectivity index (χ1n) is 6.44. The highest BCUT2D eigenvalue weighted by Gasteiger charge is 2.31. The summed E-state index contributed by atoms with van der Waals surface area (Å²) in [6.45, 7) is 4.65. The van der Waals surface area contributed by atoms with Crippen LogP contribution in [0.15, 0.2) is 6.07 Å². The number of rotatable bonds is 3. The first-order valence-corrected chi connectivity index (χ1v) is 6.44.